The van der Waals surface area contributed by atoms with Crippen LogP contribution in [0, 0.1) is 5.92 Å². The molecule has 1 atom stereocenters. The molecule has 15 heavy (non-hydrogen) atoms. The van der Waals surface area contributed by atoms with Gasteiger partial charge in [-0.15, -0.1) is 0 Å². The topological polar surface area (TPSA) is 38.3 Å². The Kier molecular flexibility index (Phi) is 9.69. The summed E-state index contributed by atoms with van der Waals surface area (Å²) in [5, 5.41) is 3.25. The highest BCUT2D eigenvalue weighted by atomic mass is 16.5. The van der Waals surface area contributed by atoms with Crippen molar-refractivity contribution in [3.8, 4) is 0 Å². The first-order chi connectivity index (χ1) is 7.26. The highest BCUT2D eigenvalue weighted by Crippen LogP contribution is 2.09. The molecule has 0 bridgehead atoms. The molecule has 1 N–H and O–H groups in total. The van der Waals surface area contributed by atoms with E-state index in [0.29, 0.717) is 6.54 Å². The Morgan fingerprint density at radius 1 is 1.33 bits per heavy atom. The first-order valence-electron chi connectivity index (χ1n) is 5.87. The lowest BCUT2D eigenvalue weighted by molar-refractivity contribution is -0.138. The van der Waals surface area contributed by atoms with Gasteiger partial charge in [0.2, 0.25) is 0 Å². The van der Waals surface area contributed by atoms with Crippen LogP contribution in [0.3, 0.4) is 0 Å². The maximum atomic E-state index is 11.3. The number of nitrogens with one attached hydrogen (secondary N) is 1. The van der Waals surface area contributed by atoms with E-state index < -0.39 is 0 Å². The lowest BCUT2D eigenvalue weighted by atomic mass is 10.0. The van der Waals surface area contributed by atoms with Crippen molar-refractivity contribution in [3.63, 3.8) is 0 Å². The van der Waals surface area contributed by atoms with E-state index in [4.69, 9.17) is 8.05 Å². The van der Waals surface area contributed by atoms with Gasteiger partial charge in [-0.3, -0.25) is 4.79 Å². The third-order valence-electron chi connectivity index (χ3n) is 2.45. The summed E-state index contributed by atoms with van der Waals surface area (Å²) in [7, 11) is 4.90. The fourth-order valence-electron chi connectivity index (χ4n) is 1.43. The van der Waals surface area contributed by atoms with Crippen molar-refractivity contribution < 1.29 is 9.45 Å². The maximum absolute atomic E-state index is 11.3. The molecule has 0 aromatic heterocycles. The molecule has 0 saturated heterocycles. The summed E-state index contributed by atoms with van der Waals surface area (Å²) >= 11 is 0. The van der Waals surface area contributed by atoms with E-state index in [9.17, 15) is 4.79 Å². The maximum Gasteiger partial charge on any atom is 0.378 e. The Labute approximate surface area is 94.4 Å². The van der Waals surface area contributed by atoms with Crippen LogP contribution in [0.4, 0.5) is 0 Å². The highest BCUT2D eigenvalue weighted by Gasteiger charge is 2.17. The average molecular weight is 211 g/mol. The Bertz CT molecular complexity index is 165. The van der Waals surface area contributed by atoms with Crippen LogP contribution < -0.4 is 5.32 Å². The van der Waals surface area contributed by atoms with Crippen molar-refractivity contribution >= 4 is 14.0 Å². The first-order valence-corrected chi connectivity index (χ1v) is 5.87. The van der Waals surface area contributed by atoms with E-state index >= 15 is 0 Å². The zero-order valence-electron chi connectivity index (χ0n) is 9.92. The van der Waals surface area contributed by atoms with E-state index in [-0.39, 0.29) is 11.9 Å². The van der Waals surface area contributed by atoms with E-state index in [2.05, 4.69) is 23.8 Å². The van der Waals surface area contributed by atoms with Crippen molar-refractivity contribution in [1.29, 1.82) is 0 Å². The molecule has 86 valence electrons. The summed E-state index contributed by atoms with van der Waals surface area (Å²) in [6.07, 6.45) is 5.27. The molecular weight excluding hydrogens is 189 g/mol. The van der Waals surface area contributed by atoms with Crippen molar-refractivity contribution in [3.05, 3.63) is 0 Å². The molecule has 0 amide bonds. The van der Waals surface area contributed by atoms with Gasteiger partial charge in [-0.2, -0.15) is 0 Å². The molecule has 0 aromatic carbocycles. The summed E-state index contributed by atoms with van der Waals surface area (Å²) in [6, 6.07) is 0. The monoisotopic (exact) mass is 211 g/mol. The Balaban J connectivity index is 3.74. The van der Waals surface area contributed by atoms with Gasteiger partial charge in [0.25, 0.3) is 5.97 Å². The number of rotatable bonds is 9. The van der Waals surface area contributed by atoms with E-state index in [1.54, 1.807) is 0 Å². The minimum Gasteiger partial charge on any atom is -0.543 e. The summed E-state index contributed by atoms with van der Waals surface area (Å²) in [6.45, 7) is 5.88. The third kappa shape index (κ3) is 7.43. The van der Waals surface area contributed by atoms with Gasteiger partial charge in [0.1, 0.15) is 0 Å². The highest BCUT2D eigenvalue weighted by molar-refractivity contribution is 6.05. The number of unbranched alkanes of at least 4 members (excludes halogenated alkanes) is 2. The van der Waals surface area contributed by atoms with Gasteiger partial charge >= 0.3 is 8.05 Å². The van der Waals surface area contributed by atoms with Crippen LogP contribution in [-0.2, 0) is 9.45 Å². The molecule has 0 heterocycles. The predicted octanol–water partition coefficient (Wildman–Crippen LogP) is 1.81. The fraction of sp³-hybridized carbons (Fsp3) is 0.909. The predicted molar refractivity (Wildman–Crippen MR) is 62.6 cm³/mol. The largest absolute Gasteiger partial charge is 0.543 e. The van der Waals surface area contributed by atoms with Gasteiger partial charge in [0, 0.05) is 6.54 Å². The van der Waals surface area contributed by atoms with Crippen LogP contribution in [0.1, 0.15) is 46.0 Å². The lowest BCUT2D eigenvalue weighted by Gasteiger charge is -2.15. The quantitative estimate of drug-likeness (QED) is 0.467. The number of hydrogen-bond acceptors (Lipinski definition) is 3. The van der Waals surface area contributed by atoms with Crippen LogP contribution in [0.25, 0.3) is 0 Å². The van der Waals surface area contributed by atoms with Gasteiger partial charge in [0.15, 0.2) is 0 Å². The summed E-state index contributed by atoms with van der Waals surface area (Å²) < 4.78 is 4.29. The molecule has 0 aliphatic carbocycles. The van der Waals surface area contributed by atoms with Crippen LogP contribution >= 0.6 is 0 Å². The third-order valence-corrected chi connectivity index (χ3v) is 2.45. The van der Waals surface area contributed by atoms with E-state index in [0.717, 1.165) is 38.6 Å². The second kappa shape index (κ2) is 10.0. The molecule has 3 nitrogen and oxygen atoms in total. The Morgan fingerprint density at radius 2 is 2.00 bits per heavy atom. The lowest BCUT2D eigenvalue weighted by Crippen LogP contribution is -2.30. The van der Waals surface area contributed by atoms with Crippen LogP contribution in [0.2, 0.25) is 0 Å². The molecule has 0 aromatic rings. The van der Waals surface area contributed by atoms with Crippen LogP contribution in [0.5, 0.6) is 0 Å². The zero-order chi connectivity index (χ0) is 11.5. The standard InChI is InChI=1S/C11H22BNO2/c1-3-5-7-10(11(14)15-12)9-13-8-6-4-2/h10,13H,3-9H2,1-2H3. The molecular formula is C11H22BNO2. The normalized spacial score (nSPS) is 12.4. The Hall–Kier alpha value is -0.505. The zero-order valence-corrected chi connectivity index (χ0v) is 9.92. The van der Waals surface area contributed by atoms with Gasteiger partial charge in [-0.25, -0.2) is 0 Å². The van der Waals surface area contributed by atoms with Crippen LogP contribution in [-0.4, -0.2) is 27.1 Å². The molecule has 0 aliphatic heterocycles. The van der Waals surface area contributed by atoms with E-state index in [1.807, 2.05) is 0 Å². The molecule has 4 heteroatoms. The molecule has 0 aliphatic rings. The first kappa shape index (κ1) is 14.5. The number of hydrogen-bond donors (Lipinski definition) is 1. The SMILES string of the molecule is [B]OC(=O)C(CCCC)CNCCCC. The Morgan fingerprint density at radius 3 is 2.53 bits per heavy atom. The molecule has 1 unspecified atom stereocenters. The van der Waals surface area contributed by atoms with Crippen molar-refractivity contribution in [2.45, 2.75) is 46.0 Å². The minimum atomic E-state index is -0.299. The number of carbonyl (C=O) groups excluding carboxylic acids is 1. The van der Waals surface area contributed by atoms with Crippen molar-refractivity contribution in [2.75, 3.05) is 13.1 Å². The van der Waals surface area contributed by atoms with Gasteiger partial charge in [0.05, 0.1) is 5.92 Å². The molecule has 0 rings (SSSR count). The minimum absolute atomic E-state index is 0.0909. The van der Waals surface area contributed by atoms with Gasteiger partial charge < -0.3 is 9.97 Å². The second-order valence-electron chi connectivity index (χ2n) is 3.83. The fourth-order valence-corrected chi connectivity index (χ4v) is 1.43. The van der Waals surface area contributed by atoms with Gasteiger partial charge in [-0.05, 0) is 19.4 Å². The summed E-state index contributed by atoms with van der Waals surface area (Å²) in [4.78, 5) is 11.3. The van der Waals surface area contributed by atoms with Crippen LogP contribution in [0.15, 0.2) is 0 Å². The smallest absolute Gasteiger partial charge is 0.378 e. The molecule has 2 radical (unpaired) electrons. The summed E-state index contributed by atoms with van der Waals surface area (Å²) in [5.74, 6) is -0.390. The number of carbonyl (C=O) groups is 1. The molecule has 0 saturated carbocycles. The summed E-state index contributed by atoms with van der Waals surface area (Å²) in [5.41, 5.74) is 0. The van der Waals surface area contributed by atoms with Crippen molar-refractivity contribution in [2.24, 2.45) is 5.92 Å². The van der Waals surface area contributed by atoms with Crippen molar-refractivity contribution in [1.82, 2.24) is 5.32 Å². The average Bonchev–Trinajstić information content (AvgIpc) is 2.27. The second-order valence-corrected chi connectivity index (χ2v) is 3.83. The van der Waals surface area contributed by atoms with Gasteiger partial charge in [-0.1, -0.05) is 33.1 Å². The molecule has 0 spiro atoms. The van der Waals surface area contributed by atoms with E-state index in [1.165, 1.54) is 0 Å². The molecule has 0 fully saturated rings.